The largest absolute Gasteiger partial charge is 0.478 e. The lowest BCUT2D eigenvalue weighted by molar-refractivity contribution is 0.0696. The number of hydrogen-bond donors (Lipinski definition) is 3. The van der Waals surface area contributed by atoms with Gasteiger partial charge in [-0.1, -0.05) is 0 Å². The number of anilines is 1. The Balaban J connectivity index is 2.30. The van der Waals surface area contributed by atoms with Crippen molar-refractivity contribution in [3.63, 3.8) is 0 Å². The number of nitrogens with one attached hydrogen (secondary N) is 2. The highest BCUT2D eigenvalue weighted by atomic mass is 32.2. The molecule has 19 heavy (non-hydrogen) atoms. The molecule has 9 heteroatoms. The van der Waals surface area contributed by atoms with Crippen LogP contribution in [0, 0.1) is 6.92 Å². The van der Waals surface area contributed by atoms with E-state index in [9.17, 15) is 13.2 Å². The van der Waals surface area contributed by atoms with Crippen LogP contribution in [0.25, 0.3) is 0 Å². The Hall–Kier alpha value is -2.42. The number of nitrogens with zero attached hydrogens (tertiary/aromatic N) is 2. The van der Waals surface area contributed by atoms with E-state index in [0.717, 1.165) is 6.20 Å². The number of hydrogen-bond acceptors (Lipinski definition) is 5. The molecule has 2 heterocycles. The molecule has 2 aromatic heterocycles. The van der Waals surface area contributed by atoms with Crippen LogP contribution in [0.15, 0.2) is 29.7 Å². The molecule has 2 rings (SSSR count). The predicted molar refractivity (Wildman–Crippen MR) is 65.3 cm³/mol. The van der Waals surface area contributed by atoms with Crippen LogP contribution in [0.1, 0.15) is 16.2 Å². The number of carboxylic acids is 1. The van der Waals surface area contributed by atoms with Gasteiger partial charge in [0, 0.05) is 6.20 Å². The third-order valence-corrected chi connectivity index (χ3v) is 3.50. The number of H-pyrrole nitrogens is 1. The molecule has 0 spiro atoms. The van der Waals surface area contributed by atoms with Crippen molar-refractivity contribution < 1.29 is 18.3 Å². The van der Waals surface area contributed by atoms with E-state index in [1.165, 1.54) is 18.5 Å². The van der Waals surface area contributed by atoms with Crippen LogP contribution in [0.4, 0.5) is 5.69 Å². The average Bonchev–Trinajstić information content (AvgIpc) is 2.76. The van der Waals surface area contributed by atoms with E-state index in [1.807, 2.05) is 0 Å². The van der Waals surface area contributed by atoms with Crippen molar-refractivity contribution in [1.82, 2.24) is 15.0 Å². The maximum absolute atomic E-state index is 11.9. The molecular formula is C10H10N4O4S. The molecule has 100 valence electrons. The molecule has 8 nitrogen and oxygen atoms in total. The van der Waals surface area contributed by atoms with Gasteiger partial charge in [0.05, 0.1) is 23.6 Å². The minimum absolute atomic E-state index is 0.0622. The molecule has 0 amide bonds. The van der Waals surface area contributed by atoms with Crippen molar-refractivity contribution in [2.45, 2.75) is 11.9 Å². The van der Waals surface area contributed by atoms with Crippen LogP contribution >= 0.6 is 0 Å². The summed E-state index contributed by atoms with van der Waals surface area (Å²) in [7, 11) is -3.84. The van der Waals surface area contributed by atoms with Gasteiger partial charge in [-0.3, -0.25) is 9.71 Å². The fourth-order valence-electron chi connectivity index (χ4n) is 1.36. The summed E-state index contributed by atoms with van der Waals surface area (Å²) in [5.41, 5.74) is -0.0480. The number of imidazole rings is 1. The van der Waals surface area contributed by atoms with Crippen LogP contribution in [0.5, 0.6) is 0 Å². The summed E-state index contributed by atoms with van der Waals surface area (Å²) in [4.78, 5) is 20.8. The van der Waals surface area contributed by atoms with Gasteiger partial charge in [0.15, 0.2) is 5.03 Å². The number of aromatic amines is 1. The van der Waals surface area contributed by atoms with Gasteiger partial charge in [-0.2, -0.15) is 8.42 Å². The topological polar surface area (TPSA) is 125 Å². The van der Waals surface area contributed by atoms with Gasteiger partial charge in [0.1, 0.15) is 5.82 Å². The van der Waals surface area contributed by atoms with Gasteiger partial charge in [-0.25, -0.2) is 9.78 Å². The number of pyridine rings is 1. The molecular weight excluding hydrogens is 272 g/mol. The fraction of sp³-hybridized carbons (Fsp3) is 0.100. The van der Waals surface area contributed by atoms with Crippen molar-refractivity contribution in [2.24, 2.45) is 0 Å². The summed E-state index contributed by atoms with van der Waals surface area (Å²) < 4.78 is 26.1. The third-order valence-electron chi connectivity index (χ3n) is 2.21. The first-order valence-electron chi connectivity index (χ1n) is 5.11. The minimum atomic E-state index is -3.84. The van der Waals surface area contributed by atoms with Crippen molar-refractivity contribution in [3.8, 4) is 0 Å². The van der Waals surface area contributed by atoms with Crippen molar-refractivity contribution >= 4 is 21.7 Å². The van der Waals surface area contributed by atoms with Gasteiger partial charge in [-0.05, 0) is 13.0 Å². The van der Waals surface area contributed by atoms with E-state index in [0.29, 0.717) is 5.82 Å². The first kappa shape index (κ1) is 13.0. The van der Waals surface area contributed by atoms with Crippen LogP contribution in [-0.4, -0.2) is 34.4 Å². The first-order valence-corrected chi connectivity index (χ1v) is 6.59. The van der Waals surface area contributed by atoms with Crippen molar-refractivity contribution in [1.29, 1.82) is 0 Å². The summed E-state index contributed by atoms with van der Waals surface area (Å²) in [6, 6.07) is 1.18. The molecule has 0 bridgehead atoms. The Morgan fingerprint density at radius 2 is 2.11 bits per heavy atom. The zero-order valence-corrected chi connectivity index (χ0v) is 10.6. The highest BCUT2D eigenvalue weighted by Gasteiger charge is 2.17. The molecule has 2 aromatic rings. The third kappa shape index (κ3) is 2.88. The summed E-state index contributed by atoms with van der Waals surface area (Å²) in [5, 5.41) is 8.69. The molecule has 0 aliphatic carbocycles. The number of rotatable bonds is 4. The summed E-state index contributed by atoms with van der Waals surface area (Å²) >= 11 is 0. The molecule has 0 saturated heterocycles. The van der Waals surface area contributed by atoms with E-state index in [1.54, 1.807) is 6.92 Å². The Morgan fingerprint density at radius 1 is 1.37 bits per heavy atom. The standard InChI is InChI=1S/C10H10N4O4S/c1-6-12-5-9(13-6)19(17,18)14-8-2-7(10(15)16)3-11-4-8/h2-5,14H,1H3,(H,12,13)(H,15,16). The summed E-state index contributed by atoms with van der Waals surface area (Å²) in [6.45, 7) is 1.62. The lowest BCUT2D eigenvalue weighted by atomic mass is 10.3. The predicted octanol–water partition coefficient (Wildman–Crippen LogP) is 0.612. The van der Waals surface area contributed by atoms with Gasteiger partial charge in [0.25, 0.3) is 10.0 Å². The van der Waals surface area contributed by atoms with E-state index >= 15 is 0 Å². The molecule has 3 N–H and O–H groups in total. The zero-order chi connectivity index (χ0) is 14.0. The summed E-state index contributed by atoms with van der Waals surface area (Å²) in [6.07, 6.45) is 3.51. The number of carbonyl (C=O) groups is 1. The van der Waals surface area contributed by atoms with Gasteiger partial charge >= 0.3 is 5.97 Å². The molecule has 0 unspecified atom stereocenters. The zero-order valence-electron chi connectivity index (χ0n) is 9.78. The smallest absolute Gasteiger partial charge is 0.337 e. The van der Waals surface area contributed by atoms with Crippen molar-refractivity contribution in [2.75, 3.05) is 4.72 Å². The van der Waals surface area contributed by atoms with E-state index in [4.69, 9.17) is 5.11 Å². The summed E-state index contributed by atoms with van der Waals surface area (Å²) in [5.74, 6) is -0.733. The molecule has 0 aliphatic rings. The second kappa shape index (κ2) is 4.69. The van der Waals surface area contributed by atoms with E-state index in [-0.39, 0.29) is 16.3 Å². The number of sulfonamides is 1. The minimum Gasteiger partial charge on any atom is -0.478 e. The molecule has 0 atom stereocenters. The Labute approximate surface area is 108 Å². The number of aromatic carboxylic acids is 1. The van der Waals surface area contributed by atoms with Crippen LogP contribution < -0.4 is 4.72 Å². The van der Waals surface area contributed by atoms with Crippen molar-refractivity contribution in [3.05, 3.63) is 36.0 Å². The molecule has 0 aliphatic heterocycles. The maximum Gasteiger partial charge on any atom is 0.337 e. The normalized spacial score (nSPS) is 11.2. The second-order valence-corrected chi connectivity index (χ2v) is 5.36. The Morgan fingerprint density at radius 3 is 2.68 bits per heavy atom. The van der Waals surface area contributed by atoms with Crippen LogP contribution in [0.3, 0.4) is 0 Å². The van der Waals surface area contributed by atoms with Crippen LogP contribution in [0.2, 0.25) is 0 Å². The molecule has 0 saturated carbocycles. The fourth-order valence-corrected chi connectivity index (χ4v) is 2.36. The lowest BCUT2D eigenvalue weighted by Gasteiger charge is -2.06. The van der Waals surface area contributed by atoms with Gasteiger partial charge in [-0.15, -0.1) is 0 Å². The lowest BCUT2D eigenvalue weighted by Crippen LogP contribution is -2.14. The van der Waals surface area contributed by atoms with Crippen LogP contribution in [-0.2, 0) is 10.0 Å². The van der Waals surface area contributed by atoms with E-state index < -0.39 is 16.0 Å². The monoisotopic (exact) mass is 282 g/mol. The van der Waals surface area contributed by atoms with Gasteiger partial charge < -0.3 is 10.1 Å². The number of aromatic nitrogens is 3. The average molecular weight is 282 g/mol. The molecule has 0 aromatic carbocycles. The highest BCUT2D eigenvalue weighted by molar-refractivity contribution is 7.92. The van der Waals surface area contributed by atoms with Gasteiger partial charge in [0.2, 0.25) is 0 Å². The second-order valence-electron chi connectivity index (χ2n) is 3.71. The Kier molecular flexibility index (Phi) is 3.21. The molecule has 0 radical (unpaired) electrons. The number of carboxylic acid groups (broad SMARTS) is 1. The maximum atomic E-state index is 11.9. The molecule has 0 fully saturated rings. The number of aryl methyl sites for hydroxylation is 1. The first-order chi connectivity index (χ1) is 8.88. The quantitative estimate of drug-likeness (QED) is 0.754. The highest BCUT2D eigenvalue weighted by Crippen LogP contribution is 2.14. The van der Waals surface area contributed by atoms with E-state index in [2.05, 4.69) is 19.7 Å². The SMILES string of the molecule is Cc1ncc(S(=O)(=O)Nc2cncc(C(=O)O)c2)[nH]1. The Bertz CT molecular complexity index is 723.